The van der Waals surface area contributed by atoms with Crippen LogP contribution in [0.1, 0.15) is 31.2 Å². The van der Waals surface area contributed by atoms with Gasteiger partial charge in [-0.25, -0.2) is 4.79 Å². The highest BCUT2D eigenvalue weighted by Gasteiger charge is 2.38. The van der Waals surface area contributed by atoms with Gasteiger partial charge in [-0.15, -0.1) is 14.5 Å². The van der Waals surface area contributed by atoms with Crippen LogP contribution < -0.4 is 5.32 Å². The zero-order chi connectivity index (χ0) is 17.3. The Morgan fingerprint density at radius 2 is 2.17 bits per heavy atom. The van der Waals surface area contributed by atoms with E-state index < -0.39 is 22.5 Å². The van der Waals surface area contributed by atoms with Crippen molar-refractivity contribution in [3.63, 3.8) is 0 Å². The van der Waals surface area contributed by atoms with Gasteiger partial charge < -0.3 is 14.6 Å². The Kier molecular flexibility index (Phi) is 4.71. The van der Waals surface area contributed by atoms with Gasteiger partial charge in [0, 0.05) is 13.0 Å². The van der Waals surface area contributed by atoms with Gasteiger partial charge in [-0.2, -0.15) is 13.5 Å². The average Bonchev–Trinajstić information content (AvgIpc) is 2.92. The number of urea groups is 1. The van der Waals surface area contributed by atoms with Gasteiger partial charge in [0.05, 0.1) is 6.54 Å². The summed E-state index contributed by atoms with van der Waals surface area (Å²) >= 11 is 0. The van der Waals surface area contributed by atoms with E-state index in [1.165, 1.54) is 4.90 Å². The van der Waals surface area contributed by atoms with E-state index in [0.29, 0.717) is 42.1 Å². The molecule has 0 spiro atoms. The van der Waals surface area contributed by atoms with E-state index in [1.54, 1.807) is 6.92 Å². The molecule has 0 aliphatic carbocycles. The molecule has 0 bridgehead atoms. The monoisotopic (exact) mass is 361 g/mol. The molecule has 1 atom stereocenters. The fraction of sp³-hybridized carbons (Fsp3) is 0.750. The van der Waals surface area contributed by atoms with Crippen LogP contribution in [-0.2, 0) is 21.1 Å². The summed E-state index contributed by atoms with van der Waals surface area (Å²) in [5.41, 5.74) is 0. The molecule has 3 heterocycles. The number of amides is 2. The first-order valence-corrected chi connectivity index (χ1v) is 9.02. The molecular formula is C12H19N5O6S. The summed E-state index contributed by atoms with van der Waals surface area (Å²) in [4.78, 5) is 13.7. The second-order valence-corrected chi connectivity index (χ2v) is 6.74. The lowest BCUT2D eigenvalue weighted by atomic mass is 10.00. The zero-order valence-corrected chi connectivity index (χ0v) is 13.9. The molecule has 2 aliphatic rings. The molecule has 2 N–H and O–H groups in total. The van der Waals surface area contributed by atoms with Crippen molar-refractivity contribution >= 4 is 16.4 Å². The van der Waals surface area contributed by atoms with Crippen molar-refractivity contribution in [1.29, 1.82) is 0 Å². The topological polar surface area (TPSA) is 138 Å². The van der Waals surface area contributed by atoms with E-state index >= 15 is 0 Å². The fourth-order valence-electron chi connectivity index (χ4n) is 2.79. The third-order valence-corrected chi connectivity index (χ3v) is 4.43. The molecule has 0 saturated carbocycles. The second kappa shape index (κ2) is 6.63. The van der Waals surface area contributed by atoms with Gasteiger partial charge in [0.2, 0.25) is 11.8 Å². The molecule has 0 unspecified atom stereocenters. The van der Waals surface area contributed by atoms with Crippen molar-refractivity contribution in [3.05, 3.63) is 11.8 Å². The molecular weight excluding hydrogens is 342 g/mol. The third-order valence-electron chi connectivity index (χ3n) is 4.06. The minimum Gasteiger partial charge on any atom is -0.423 e. The number of hydrogen-bond donors (Lipinski definition) is 2. The molecule has 2 fully saturated rings. The van der Waals surface area contributed by atoms with Crippen molar-refractivity contribution in [3.8, 4) is 0 Å². The summed E-state index contributed by atoms with van der Waals surface area (Å²) in [5.74, 6) is 1.32. The van der Waals surface area contributed by atoms with Crippen LogP contribution in [0.15, 0.2) is 4.42 Å². The molecule has 2 aliphatic heterocycles. The number of carbonyl (C=O) groups excluding carboxylic acids is 1. The second-order valence-electron chi connectivity index (χ2n) is 5.74. The van der Waals surface area contributed by atoms with E-state index in [2.05, 4.69) is 19.8 Å². The average molecular weight is 361 g/mol. The molecule has 2 saturated heterocycles. The zero-order valence-electron chi connectivity index (χ0n) is 13.1. The van der Waals surface area contributed by atoms with Crippen molar-refractivity contribution in [2.24, 2.45) is 5.92 Å². The number of nitrogens with zero attached hydrogens (tertiary/aromatic N) is 4. The lowest BCUT2D eigenvalue weighted by Gasteiger charge is -2.37. The van der Waals surface area contributed by atoms with Crippen molar-refractivity contribution in [2.75, 3.05) is 26.2 Å². The lowest BCUT2D eigenvalue weighted by Crippen LogP contribution is -2.51. The van der Waals surface area contributed by atoms with Crippen LogP contribution >= 0.6 is 0 Å². The smallest absolute Gasteiger partial charge is 0.418 e. The highest BCUT2D eigenvalue weighted by atomic mass is 32.3. The van der Waals surface area contributed by atoms with E-state index in [-0.39, 0.29) is 6.54 Å². The molecule has 3 rings (SSSR count). The van der Waals surface area contributed by atoms with Crippen LogP contribution in [0.5, 0.6) is 0 Å². The normalized spacial score (nSPS) is 22.8. The van der Waals surface area contributed by atoms with Gasteiger partial charge >= 0.3 is 16.4 Å². The molecule has 1 aromatic rings. The summed E-state index contributed by atoms with van der Waals surface area (Å²) in [5, 5.41) is 11.8. The van der Waals surface area contributed by atoms with Crippen molar-refractivity contribution in [1.82, 2.24) is 25.5 Å². The molecule has 24 heavy (non-hydrogen) atoms. The van der Waals surface area contributed by atoms with E-state index in [0.717, 1.165) is 13.1 Å². The Morgan fingerprint density at radius 1 is 1.42 bits per heavy atom. The van der Waals surface area contributed by atoms with Gasteiger partial charge in [0.25, 0.3) is 0 Å². The number of aromatic nitrogens is 2. The van der Waals surface area contributed by atoms with Crippen molar-refractivity contribution < 1.29 is 26.5 Å². The van der Waals surface area contributed by atoms with Crippen LogP contribution in [0.2, 0.25) is 0 Å². The Bertz CT molecular complexity index is 703. The molecule has 0 radical (unpaired) electrons. The molecule has 2 amide bonds. The highest BCUT2D eigenvalue weighted by molar-refractivity contribution is 7.80. The number of rotatable bonds is 6. The SMILES string of the molecule is CCN1C(=O)N(OS(=O)(=O)O)CC[C@H]1c1nnc(CC2CNC2)o1. The van der Waals surface area contributed by atoms with Crippen LogP contribution in [0.25, 0.3) is 0 Å². The Labute approximate surface area is 138 Å². The first kappa shape index (κ1) is 17.1. The number of nitrogens with one attached hydrogen (secondary N) is 1. The molecule has 12 heteroatoms. The Balaban J connectivity index is 1.70. The van der Waals surface area contributed by atoms with Gasteiger partial charge in [0.1, 0.15) is 6.04 Å². The maximum absolute atomic E-state index is 12.3. The standard InChI is InChI=1S/C12H19N5O6S/c1-2-16-9(3-4-17(12(16)18)23-24(19,20)21)11-15-14-10(22-11)5-8-6-13-7-8/h8-9,13H,2-7H2,1H3,(H,19,20,21)/t9-/m0/s1. The van der Waals surface area contributed by atoms with Crippen LogP contribution in [0.3, 0.4) is 0 Å². The minimum atomic E-state index is -4.76. The predicted octanol–water partition coefficient (Wildman–Crippen LogP) is -0.245. The van der Waals surface area contributed by atoms with Crippen LogP contribution in [0, 0.1) is 5.92 Å². The maximum atomic E-state index is 12.3. The van der Waals surface area contributed by atoms with Gasteiger partial charge in [-0.3, -0.25) is 4.55 Å². The van der Waals surface area contributed by atoms with Gasteiger partial charge in [-0.1, -0.05) is 0 Å². The fourth-order valence-corrected chi connectivity index (χ4v) is 3.15. The summed E-state index contributed by atoms with van der Waals surface area (Å²) in [6.45, 7) is 3.84. The molecule has 11 nitrogen and oxygen atoms in total. The number of carbonyl (C=O) groups is 1. The van der Waals surface area contributed by atoms with Crippen molar-refractivity contribution in [2.45, 2.75) is 25.8 Å². The molecule has 134 valence electrons. The highest BCUT2D eigenvalue weighted by Crippen LogP contribution is 2.29. The number of hydrogen-bond acceptors (Lipinski definition) is 8. The van der Waals surface area contributed by atoms with E-state index in [1.807, 2.05) is 0 Å². The summed E-state index contributed by atoms with van der Waals surface area (Å²) in [6.07, 6.45) is 1.02. The minimum absolute atomic E-state index is 0.0238. The molecule has 1 aromatic heterocycles. The van der Waals surface area contributed by atoms with Gasteiger partial charge in [0.15, 0.2) is 0 Å². The third kappa shape index (κ3) is 3.66. The van der Waals surface area contributed by atoms with E-state index in [4.69, 9.17) is 8.97 Å². The molecule has 0 aromatic carbocycles. The van der Waals surface area contributed by atoms with Gasteiger partial charge in [-0.05, 0) is 32.4 Å². The quantitative estimate of drug-likeness (QED) is 0.657. The lowest BCUT2D eigenvalue weighted by molar-refractivity contribution is -0.0615. The summed E-state index contributed by atoms with van der Waals surface area (Å²) in [7, 11) is -4.76. The van der Waals surface area contributed by atoms with Crippen LogP contribution in [-0.4, -0.2) is 65.3 Å². The first-order chi connectivity index (χ1) is 11.4. The van der Waals surface area contributed by atoms with E-state index in [9.17, 15) is 13.2 Å². The largest absolute Gasteiger partial charge is 0.423 e. The first-order valence-electron chi connectivity index (χ1n) is 7.65. The summed E-state index contributed by atoms with van der Waals surface area (Å²) in [6, 6.07) is -1.14. The maximum Gasteiger partial charge on any atom is 0.418 e. The predicted molar refractivity (Wildman–Crippen MR) is 78.8 cm³/mol. The summed E-state index contributed by atoms with van der Waals surface area (Å²) < 4.78 is 40.3. The Hall–Kier alpha value is -1.76. The number of hydroxylamine groups is 2. The van der Waals surface area contributed by atoms with Crippen LogP contribution in [0.4, 0.5) is 4.79 Å². The Morgan fingerprint density at radius 3 is 2.75 bits per heavy atom.